The van der Waals surface area contributed by atoms with E-state index in [9.17, 15) is 4.79 Å². The van der Waals surface area contributed by atoms with E-state index in [1.54, 1.807) is 12.3 Å². The van der Waals surface area contributed by atoms with Gasteiger partial charge in [-0.15, -0.1) is 11.3 Å². The molecule has 1 aromatic rings. The molecule has 19 heavy (non-hydrogen) atoms. The number of aromatic nitrogens is 1. The number of carbonyl (C=O) groups is 1. The molecule has 0 amide bonds. The van der Waals surface area contributed by atoms with Gasteiger partial charge in [-0.3, -0.25) is 0 Å². The van der Waals surface area contributed by atoms with Crippen molar-refractivity contribution in [2.75, 3.05) is 25.1 Å². The highest BCUT2D eigenvalue weighted by Gasteiger charge is 2.26. The Kier molecular flexibility index (Phi) is 5.15. The molecule has 1 aliphatic rings. The van der Waals surface area contributed by atoms with E-state index in [0.29, 0.717) is 24.3 Å². The third-order valence-corrected chi connectivity index (χ3v) is 4.05. The topological polar surface area (TPSA) is 60.5 Å². The summed E-state index contributed by atoms with van der Waals surface area (Å²) in [7, 11) is 0. The number of esters is 1. The molecule has 5 nitrogen and oxygen atoms in total. The number of nitrogens with zero attached hydrogens (tertiary/aromatic N) is 1. The molecule has 0 spiro atoms. The van der Waals surface area contributed by atoms with Gasteiger partial charge in [0, 0.05) is 24.4 Å². The number of thiazole rings is 1. The van der Waals surface area contributed by atoms with Gasteiger partial charge < -0.3 is 14.8 Å². The number of hydrogen-bond acceptors (Lipinski definition) is 6. The fourth-order valence-electron chi connectivity index (χ4n) is 2.25. The van der Waals surface area contributed by atoms with Crippen molar-refractivity contribution < 1.29 is 14.3 Å². The molecule has 6 heteroatoms. The number of nitrogens with one attached hydrogen (secondary N) is 1. The highest BCUT2D eigenvalue weighted by Crippen LogP contribution is 2.24. The maximum atomic E-state index is 11.5. The van der Waals surface area contributed by atoms with Crippen LogP contribution in [0.25, 0.3) is 0 Å². The Morgan fingerprint density at radius 1 is 1.63 bits per heavy atom. The minimum atomic E-state index is -0.359. The van der Waals surface area contributed by atoms with E-state index in [2.05, 4.69) is 17.2 Å². The van der Waals surface area contributed by atoms with Crippen LogP contribution >= 0.6 is 11.3 Å². The first-order valence-electron chi connectivity index (χ1n) is 6.72. The minimum absolute atomic E-state index is 0.344. The van der Waals surface area contributed by atoms with Crippen molar-refractivity contribution in [2.45, 2.75) is 32.8 Å². The molecule has 0 aromatic carbocycles. The summed E-state index contributed by atoms with van der Waals surface area (Å²) in [5, 5.41) is 5.78. The molecule has 1 saturated heterocycles. The second-order valence-electron chi connectivity index (χ2n) is 4.51. The van der Waals surface area contributed by atoms with E-state index in [-0.39, 0.29) is 5.97 Å². The van der Waals surface area contributed by atoms with Crippen LogP contribution < -0.4 is 5.32 Å². The largest absolute Gasteiger partial charge is 0.461 e. The fraction of sp³-hybridized carbons (Fsp3) is 0.692. The summed E-state index contributed by atoms with van der Waals surface area (Å²) >= 11 is 1.43. The van der Waals surface area contributed by atoms with Crippen LogP contribution in [0.15, 0.2) is 5.38 Å². The highest BCUT2D eigenvalue weighted by molar-refractivity contribution is 7.13. The van der Waals surface area contributed by atoms with Crippen molar-refractivity contribution in [2.24, 2.45) is 5.92 Å². The Hall–Kier alpha value is -1.14. The third-order valence-electron chi connectivity index (χ3n) is 3.25. The van der Waals surface area contributed by atoms with Crippen molar-refractivity contribution in [3.63, 3.8) is 0 Å². The second kappa shape index (κ2) is 6.86. The molecule has 106 valence electrons. The van der Waals surface area contributed by atoms with Crippen LogP contribution in [0.2, 0.25) is 0 Å². The molecule has 2 heterocycles. The van der Waals surface area contributed by atoms with E-state index in [4.69, 9.17) is 9.47 Å². The monoisotopic (exact) mass is 284 g/mol. The Morgan fingerprint density at radius 2 is 2.47 bits per heavy atom. The van der Waals surface area contributed by atoms with Crippen LogP contribution in [-0.2, 0) is 9.47 Å². The quantitative estimate of drug-likeness (QED) is 0.813. The van der Waals surface area contributed by atoms with Crippen molar-refractivity contribution in [1.29, 1.82) is 0 Å². The molecule has 2 atom stereocenters. The number of carbonyl (C=O) groups excluding carboxylic acids is 1. The molecule has 2 unspecified atom stereocenters. The van der Waals surface area contributed by atoms with E-state index in [1.165, 1.54) is 11.3 Å². The Balaban J connectivity index is 1.85. The van der Waals surface area contributed by atoms with E-state index in [1.807, 2.05) is 0 Å². The first-order chi connectivity index (χ1) is 9.24. The lowest BCUT2D eigenvalue weighted by Gasteiger charge is -2.16. The summed E-state index contributed by atoms with van der Waals surface area (Å²) < 4.78 is 10.6. The molecule has 0 saturated carbocycles. The number of anilines is 1. The minimum Gasteiger partial charge on any atom is -0.461 e. The predicted octanol–water partition coefficient (Wildman–Crippen LogP) is 2.55. The van der Waals surface area contributed by atoms with Crippen molar-refractivity contribution in [3.8, 4) is 0 Å². The lowest BCUT2D eigenvalue weighted by atomic mass is 10.00. The van der Waals surface area contributed by atoms with Crippen LogP contribution in [0.4, 0.5) is 5.13 Å². The van der Waals surface area contributed by atoms with Crippen molar-refractivity contribution in [1.82, 2.24) is 4.98 Å². The zero-order valence-electron chi connectivity index (χ0n) is 11.3. The Labute approximate surface area is 117 Å². The molecule has 1 fully saturated rings. The standard InChI is InChI=1S/C13H20N2O3S/c1-3-11-9(5-6-18-11)7-14-13-15-10(8-19-13)12(16)17-4-2/h8-9,11H,3-7H2,1-2H3,(H,14,15). The molecule has 1 aliphatic heterocycles. The van der Waals surface area contributed by atoms with Gasteiger partial charge in [0.25, 0.3) is 0 Å². The van der Waals surface area contributed by atoms with Gasteiger partial charge in [0.15, 0.2) is 10.8 Å². The number of rotatable bonds is 6. The average molecular weight is 284 g/mol. The Bertz CT molecular complexity index is 422. The molecule has 2 rings (SSSR count). The van der Waals surface area contributed by atoms with Crippen LogP contribution in [0.5, 0.6) is 0 Å². The molecule has 1 N–H and O–H groups in total. The van der Waals surface area contributed by atoms with Gasteiger partial charge in [-0.2, -0.15) is 0 Å². The summed E-state index contributed by atoms with van der Waals surface area (Å²) in [5.41, 5.74) is 0.379. The van der Waals surface area contributed by atoms with Gasteiger partial charge in [-0.05, 0) is 19.8 Å². The summed E-state index contributed by atoms with van der Waals surface area (Å²) in [6.07, 6.45) is 2.47. The van der Waals surface area contributed by atoms with Gasteiger partial charge >= 0.3 is 5.97 Å². The second-order valence-corrected chi connectivity index (χ2v) is 5.36. The fourth-order valence-corrected chi connectivity index (χ4v) is 2.94. The molecule has 0 bridgehead atoms. The Morgan fingerprint density at radius 3 is 3.21 bits per heavy atom. The molecule has 0 aliphatic carbocycles. The zero-order chi connectivity index (χ0) is 13.7. The number of hydrogen-bond donors (Lipinski definition) is 1. The summed E-state index contributed by atoms with van der Waals surface area (Å²) in [6.45, 7) is 5.99. The van der Waals surface area contributed by atoms with Gasteiger partial charge in [0.05, 0.1) is 12.7 Å². The van der Waals surface area contributed by atoms with Gasteiger partial charge in [-0.1, -0.05) is 6.92 Å². The number of ether oxygens (including phenoxy) is 2. The van der Waals surface area contributed by atoms with Gasteiger partial charge in [0.1, 0.15) is 0 Å². The maximum absolute atomic E-state index is 11.5. The average Bonchev–Trinajstić information content (AvgIpc) is 3.05. The van der Waals surface area contributed by atoms with Crippen molar-refractivity contribution >= 4 is 22.4 Å². The predicted molar refractivity (Wildman–Crippen MR) is 74.7 cm³/mol. The normalized spacial score (nSPS) is 22.4. The van der Waals surface area contributed by atoms with Crippen LogP contribution in [0.3, 0.4) is 0 Å². The zero-order valence-corrected chi connectivity index (χ0v) is 12.2. The molecular formula is C13H20N2O3S. The first kappa shape index (κ1) is 14.3. The van der Waals surface area contributed by atoms with Crippen molar-refractivity contribution in [3.05, 3.63) is 11.1 Å². The van der Waals surface area contributed by atoms with Gasteiger partial charge in [0.2, 0.25) is 0 Å². The van der Waals surface area contributed by atoms with Crippen LogP contribution in [0, 0.1) is 5.92 Å². The van der Waals surface area contributed by atoms with Gasteiger partial charge in [-0.25, -0.2) is 9.78 Å². The molecule has 0 radical (unpaired) electrons. The SMILES string of the molecule is CCOC(=O)c1csc(NCC2CCOC2CC)n1. The maximum Gasteiger partial charge on any atom is 0.357 e. The molecular weight excluding hydrogens is 264 g/mol. The molecule has 1 aromatic heterocycles. The summed E-state index contributed by atoms with van der Waals surface area (Å²) in [5.74, 6) is 0.169. The van der Waals surface area contributed by atoms with E-state index >= 15 is 0 Å². The van der Waals surface area contributed by atoms with E-state index < -0.39 is 0 Å². The first-order valence-corrected chi connectivity index (χ1v) is 7.60. The van der Waals surface area contributed by atoms with E-state index in [0.717, 1.165) is 31.1 Å². The third kappa shape index (κ3) is 3.67. The lowest BCUT2D eigenvalue weighted by Crippen LogP contribution is -2.22. The smallest absolute Gasteiger partial charge is 0.357 e. The highest BCUT2D eigenvalue weighted by atomic mass is 32.1. The van der Waals surface area contributed by atoms with Crippen LogP contribution in [0.1, 0.15) is 37.2 Å². The summed E-state index contributed by atoms with van der Waals surface area (Å²) in [4.78, 5) is 15.7. The van der Waals surface area contributed by atoms with Crippen LogP contribution in [-0.4, -0.2) is 36.8 Å². The summed E-state index contributed by atoms with van der Waals surface area (Å²) in [6, 6.07) is 0. The lowest BCUT2D eigenvalue weighted by molar-refractivity contribution is 0.0520.